The van der Waals surface area contributed by atoms with Gasteiger partial charge in [-0.25, -0.2) is 0 Å². The minimum atomic E-state index is 0.477. The van der Waals surface area contributed by atoms with Crippen molar-refractivity contribution in [3.05, 3.63) is 67.1 Å². The molecule has 3 aromatic rings. The van der Waals surface area contributed by atoms with Gasteiger partial charge in [0.05, 0.1) is 10.0 Å². The summed E-state index contributed by atoms with van der Waals surface area (Å²) in [6, 6.07) is 15.4. The van der Waals surface area contributed by atoms with Gasteiger partial charge in [0.15, 0.2) is 0 Å². The summed E-state index contributed by atoms with van der Waals surface area (Å²) in [7, 11) is 0. The van der Waals surface area contributed by atoms with Crippen LogP contribution in [0.3, 0.4) is 0 Å². The van der Waals surface area contributed by atoms with Crippen LogP contribution in [0, 0.1) is 11.3 Å². The average molecular weight is 471 g/mol. The number of H-pyrrole nitrogens is 1. The van der Waals surface area contributed by atoms with Crippen LogP contribution in [0.15, 0.2) is 51.4 Å². The van der Waals surface area contributed by atoms with Gasteiger partial charge in [0.25, 0.3) is 0 Å². The number of aromatic amines is 1. The minimum absolute atomic E-state index is 0.477. The maximum atomic E-state index is 9.41. The highest BCUT2D eigenvalue weighted by molar-refractivity contribution is 9.13. The second-order valence-electron chi connectivity index (χ2n) is 4.84. The molecule has 0 bridgehead atoms. The maximum Gasteiger partial charge on any atom is 0.125 e. The summed E-state index contributed by atoms with van der Waals surface area (Å²) in [5, 5.41) is 10.4. The van der Waals surface area contributed by atoms with Crippen molar-refractivity contribution in [2.45, 2.75) is 0 Å². The van der Waals surface area contributed by atoms with E-state index in [0.29, 0.717) is 15.7 Å². The molecule has 23 heavy (non-hydrogen) atoms. The van der Waals surface area contributed by atoms with E-state index in [9.17, 15) is 5.26 Å². The molecule has 0 saturated carbocycles. The number of halogens is 4. The van der Waals surface area contributed by atoms with Crippen molar-refractivity contribution in [2.75, 3.05) is 0 Å². The van der Waals surface area contributed by atoms with Gasteiger partial charge in [-0.2, -0.15) is 5.26 Å². The van der Waals surface area contributed by atoms with E-state index < -0.39 is 0 Å². The topological polar surface area (TPSA) is 39.6 Å². The Morgan fingerprint density at radius 2 is 1.61 bits per heavy atom. The van der Waals surface area contributed by atoms with E-state index in [-0.39, 0.29) is 0 Å². The molecule has 0 amide bonds. The van der Waals surface area contributed by atoms with Crippen molar-refractivity contribution >= 4 is 55.1 Å². The van der Waals surface area contributed by atoms with Crippen molar-refractivity contribution in [1.82, 2.24) is 4.98 Å². The molecule has 2 aromatic carbocycles. The van der Waals surface area contributed by atoms with Crippen LogP contribution in [0.5, 0.6) is 0 Å². The Hall–Kier alpha value is -1.25. The number of hydrogen-bond acceptors (Lipinski definition) is 1. The van der Waals surface area contributed by atoms with Crippen molar-refractivity contribution in [3.63, 3.8) is 0 Å². The fourth-order valence-corrected chi connectivity index (χ4v) is 3.18. The lowest BCUT2D eigenvalue weighted by atomic mass is 10.1. The highest BCUT2D eigenvalue weighted by Crippen LogP contribution is 2.35. The number of rotatable bonds is 2. The molecule has 0 unspecified atom stereocenters. The highest BCUT2D eigenvalue weighted by Gasteiger charge is 2.13. The Labute approximate surface area is 160 Å². The number of nitrogens with zero attached hydrogens (tertiary/aromatic N) is 1. The number of benzene rings is 2. The smallest absolute Gasteiger partial charge is 0.125 e. The summed E-state index contributed by atoms with van der Waals surface area (Å²) in [6.45, 7) is 0. The molecule has 0 aliphatic carbocycles. The van der Waals surface area contributed by atoms with Crippen molar-refractivity contribution in [1.29, 1.82) is 5.26 Å². The predicted molar refractivity (Wildman–Crippen MR) is 102 cm³/mol. The quantitative estimate of drug-likeness (QED) is 0.428. The average Bonchev–Trinajstić information content (AvgIpc) is 2.97. The van der Waals surface area contributed by atoms with Crippen LogP contribution in [0.2, 0.25) is 10.0 Å². The van der Waals surface area contributed by atoms with Crippen LogP contribution in [0.25, 0.3) is 22.4 Å². The Bertz CT molecular complexity index is 942. The first-order valence-corrected chi connectivity index (χ1v) is 8.87. The van der Waals surface area contributed by atoms with Crippen LogP contribution >= 0.6 is 55.1 Å². The van der Waals surface area contributed by atoms with Gasteiger partial charge >= 0.3 is 0 Å². The minimum Gasteiger partial charge on any atom is -0.346 e. The number of nitrogens with one attached hydrogen (secondary N) is 1. The third-order valence-corrected chi connectivity index (χ3v) is 6.01. The van der Waals surface area contributed by atoms with Gasteiger partial charge in [0.1, 0.15) is 11.8 Å². The SMILES string of the molecule is N#Cc1[nH]c(-c2ccc(Cl)c(Cl)c2)cc1-c1ccc(Br)c(Br)c1. The largest absolute Gasteiger partial charge is 0.346 e. The van der Waals surface area contributed by atoms with Gasteiger partial charge in [0, 0.05) is 20.2 Å². The Balaban J connectivity index is 2.12. The molecule has 114 valence electrons. The highest BCUT2D eigenvalue weighted by atomic mass is 79.9. The molecular weight excluding hydrogens is 463 g/mol. The third kappa shape index (κ3) is 3.34. The van der Waals surface area contributed by atoms with E-state index in [4.69, 9.17) is 23.2 Å². The fourth-order valence-electron chi connectivity index (χ4n) is 2.25. The van der Waals surface area contributed by atoms with Crippen LogP contribution in [0.4, 0.5) is 0 Å². The summed E-state index contributed by atoms with van der Waals surface area (Å²) in [5.41, 5.74) is 3.97. The molecule has 1 aromatic heterocycles. The lowest BCUT2D eigenvalue weighted by Gasteiger charge is -2.02. The molecule has 0 aliphatic heterocycles. The van der Waals surface area contributed by atoms with Crippen molar-refractivity contribution in [2.24, 2.45) is 0 Å². The molecule has 0 spiro atoms. The molecule has 0 radical (unpaired) electrons. The Morgan fingerprint density at radius 1 is 0.870 bits per heavy atom. The van der Waals surface area contributed by atoms with Crippen molar-refractivity contribution in [3.8, 4) is 28.5 Å². The Kier molecular flexibility index (Phi) is 4.84. The summed E-state index contributed by atoms with van der Waals surface area (Å²) in [6.07, 6.45) is 0. The molecule has 2 nitrogen and oxygen atoms in total. The second kappa shape index (κ2) is 6.70. The maximum absolute atomic E-state index is 9.41. The standard InChI is InChI=1S/C17H8Br2Cl2N2/c18-12-3-1-9(5-13(12)19)11-7-16(23-17(11)8-22)10-2-4-14(20)15(21)6-10/h1-7,23H. The zero-order valence-corrected chi connectivity index (χ0v) is 16.2. The van der Waals surface area contributed by atoms with Gasteiger partial charge in [0.2, 0.25) is 0 Å². The molecule has 0 aliphatic rings. The third-order valence-electron chi connectivity index (χ3n) is 3.39. The number of hydrogen-bond donors (Lipinski definition) is 1. The molecule has 1 heterocycles. The summed E-state index contributed by atoms with van der Waals surface area (Å²) < 4.78 is 1.89. The van der Waals surface area contributed by atoms with E-state index in [2.05, 4.69) is 42.9 Å². The van der Waals surface area contributed by atoms with E-state index in [1.54, 1.807) is 12.1 Å². The number of nitriles is 1. The zero-order chi connectivity index (χ0) is 16.6. The first kappa shape index (κ1) is 16.6. The first-order chi connectivity index (χ1) is 11.0. The Morgan fingerprint density at radius 3 is 2.26 bits per heavy atom. The first-order valence-electron chi connectivity index (χ1n) is 6.53. The van der Waals surface area contributed by atoms with Gasteiger partial charge in [-0.1, -0.05) is 35.3 Å². The number of aromatic nitrogens is 1. The molecule has 6 heteroatoms. The molecule has 0 saturated heterocycles. The zero-order valence-electron chi connectivity index (χ0n) is 11.5. The molecular formula is C17H8Br2Cl2N2. The summed E-state index contributed by atoms with van der Waals surface area (Å²) in [4.78, 5) is 3.14. The van der Waals surface area contributed by atoms with Crippen LogP contribution in [-0.2, 0) is 0 Å². The van der Waals surface area contributed by atoms with E-state index in [0.717, 1.165) is 31.3 Å². The molecule has 3 rings (SSSR count). The lowest BCUT2D eigenvalue weighted by molar-refractivity contribution is 1.33. The molecule has 0 atom stereocenters. The molecule has 1 N–H and O–H groups in total. The van der Waals surface area contributed by atoms with Crippen LogP contribution < -0.4 is 0 Å². The predicted octanol–water partition coefficient (Wildman–Crippen LogP) is 7.05. The normalized spacial score (nSPS) is 10.6. The van der Waals surface area contributed by atoms with Gasteiger partial charge < -0.3 is 4.98 Å². The van der Waals surface area contributed by atoms with Crippen LogP contribution in [0.1, 0.15) is 5.69 Å². The summed E-state index contributed by atoms with van der Waals surface area (Å²) >= 11 is 19.0. The summed E-state index contributed by atoms with van der Waals surface area (Å²) in [5.74, 6) is 0. The van der Waals surface area contributed by atoms with Crippen LogP contribution in [-0.4, -0.2) is 4.98 Å². The van der Waals surface area contributed by atoms with E-state index in [1.165, 1.54) is 0 Å². The van der Waals surface area contributed by atoms with E-state index >= 15 is 0 Å². The van der Waals surface area contributed by atoms with Crippen molar-refractivity contribution < 1.29 is 0 Å². The van der Waals surface area contributed by atoms with Gasteiger partial charge in [-0.3, -0.25) is 0 Å². The second-order valence-corrected chi connectivity index (χ2v) is 7.36. The monoisotopic (exact) mass is 468 g/mol. The fraction of sp³-hybridized carbons (Fsp3) is 0. The van der Waals surface area contributed by atoms with Gasteiger partial charge in [-0.15, -0.1) is 0 Å². The molecule has 0 fully saturated rings. The van der Waals surface area contributed by atoms with E-state index in [1.807, 2.05) is 30.3 Å². The van der Waals surface area contributed by atoms with Gasteiger partial charge in [-0.05, 0) is 73.3 Å². The lowest BCUT2D eigenvalue weighted by Crippen LogP contribution is -1.81.